The highest BCUT2D eigenvalue weighted by Gasteiger charge is 2.20. The van der Waals surface area contributed by atoms with E-state index in [1.54, 1.807) is 12.1 Å². The molecule has 0 saturated carbocycles. The predicted octanol–water partition coefficient (Wildman–Crippen LogP) is 4.31. The molecule has 0 bridgehead atoms. The third kappa shape index (κ3) is 3.37. The van der Waals surface area contributed by atoms with Gasteiger partial charge in [0.1, 0.15) is 0 Å². The first kappa shape index (κ1) is 16.1. The molecule has 25 heavy (non-hydrogen) atoms. The number of nitrogens with one attached hydrogen (secondary N) is 1. The van der Waals surface area contributed by atoms with Crippen molar-refractivity contribution in [2.24, 2.45) is 0 Å². The summed E-state index contributed by atoms with van der Waals surface area (Å²) in [6.45, 7) is 2.32. The maximum Gasteiger partial charge on any atom is 0.255 e. The Morgan fingerprint density at radius 1 is 1.04 bits per heavy atom. The summed E-state index contributed by atoms with van der Waals surface area (Å²) in [4.78, 5) is 14.9. The second-order valence-corrected chi connectivity index (χ2v) is 6.65. The van der Waals surface area contributed by atoms with Gasteiger partial charge in [-0.25, -0.2) is 0 Å². The zero-order valence-corrected chi connectivity index (χ0v) is 14.5. The highest BCUT2D eigenvalue weighted by molar-refractivity contribution is 6.32. The van der Waals surface area contributed by atoms with Crippen molar-refractivity contribution in [2.75, 3.05) is 30.1 Å². The highest BCUT2D eigenvalue weighted by Crippen LogP contribution is 2.39. The Morgan fingerprint density at radius 2 is 1.80 bits per heavy atom. The zero-order chi connectivity index (χ0) is 17.2. The number of amides is 1. The van der Waals surface area contributed by atoms with Crippen molar-refractivity contribution >= 4 is 28.9 Å². The summed E-state index contributed by atoms with van der Waals surface area (Å²) in [5.74, 6) is 0.758. The second-order valence-electron chi connectivity index (χ2n) is 6.24. The fraction of sp³-hybridized carbons (Fsp3) is 0.316. The summed E-state index contributed by atoms with van der Waals surface area (Å²) in [7, 11) is 0. The molecule has 0 radical (unpaired) electrons. The molecule has 0 aliphatic carbocycles. The van der Waals surface area contributed by atoms with Gasteiger partial charge in [-0.15, -0.1) is 0 Å². The Bertz CT molecular complexity index is 786. The van der Waals surface area contributed by atoms with E-state index in [0.717, 1.165) is 18.8 Å². The number of halogens is 1. The lowest BCUT2D eigenvalue weighted by atomic mass is 10.1. The summed E-state index contributed by atoms with van der Waals surface area (Å²) >= 11 is 6.14. The molecule has 2 aliphatic heterocycles. The topological polar surface area (TPSA) is 50.8 Å². The lowest BCUT2D eigenvalue weighted by Gasteiger charge is -2.28. The van der Waals surface area contributed by atoms with Crippen molar-refractivity contribution in [2.45, 2.75) is 19.3 Å². The minimum atomic E-state index is -0.231. The van der Waals surface area contributed by atoms with Gasteiger partial charge >= 0.3 is 0 Å². The molecule has 1 saturated heterocycles. The number of nitrogens with zero attached hydrogens (tertiary/aromatic N) is 1. The molecule has 1 N–H and O–H groups in total. The quantitative estimate of drug-likeness (QED) is 0.888. The number of ether oxygens (including phenoxy) is 2. The highest BCUT2D eigenvalue weighted by atomic mass is 35.5. The predicted molar refractivity (Wildman–Crippen MR) is 98.0 cm³/mol. The van der Waals surface area contributed by atoms with Gasteiger partial charge in [0, 0.05) is 30.0 Å². The van der Waals surface area contributed by atoms with Crippen molar-refractivity contribution < 1.29 is 14.3 Å². The number of piperidine rings is 1. The molecule has 5 nitrogen and oxygen atoms in total. The molecule has 2 aliphatic rings. The van der Waals surface area contributed by atoms with Gasteiger partial charge in [-0.2, -0.15) is 0 Å². The van der Waals surface area contributed by atoms with E-state index >= 15 is 0 Å². The van der Waals surface area contributed by atoms with Crippen LogP contribution in [0.25, 0.3) is 0 Å². The summed E-state index contributed by atoms with van der Waals surface area (Å²) in [5, 5.41) is 3.27. The van der Waals surface area contributed by atoms with Crippen molar-refractivity contribution in [1.29, 1.82) is 0 Å². The summed E-state index contributed by atoms with van der Waals surface area (Å²) in [6.07, 6.45) is 3.79. The van der Waals surface area contributed by atoms with Gasteiger partial charge in [0.05, 0.1) is 5.02 Å². The summed E-state index contributed by atoms with van der Waals surface area (Å²) < 4.78 is 10.6. The van der Waals surface area contributed by atoms with Gasteiger partial charge in [-0.3, -0.25) is 4.79 Å². The monoisotopic (exact) mass is 358 g/mol. The molecular weight excluding hydrogens is 340 g/mol. The van der Waals surface area contributed by atoms with Crippen LogP contribution in [-0.2, 0) is 0 Å². The average Bonchev–Trinajstić information content (AvgIpc) is 3.12. The first-order chi connectivity index (χ1) is 12.2. The van der Waals surface area contributed by atoms with Crippen LogP contribution < -0.4 is 19.7 Å². The van der Waals surface area contributed by atoms with Gasteiger partial charge < -0.3 is 19.7 Å². The molecule has 0 aromatic heterocycles. The van der Waals surface area contributed by atoms with Gasteiger partial charge in [0.25, 0.3) is 5.91 Å². The smallest absolute Gasteiger partial charge is 0.255 e. The third-order valence-electron chi connectivity index (χ3n) is 4.54. The Hall–Kier alpha value is -2.40. The molecule has 130 valence electrons. The number of rotatable bonds is 3. The molecule has 1 fully saturated rings. The molecule has 0 spiro atoms. The van der Waals surface area contributed by atoms with Crippen molar-refractivity contribution in [3.8, 4) is 11.5 Å². The van der Waals surface area contributed by atoms with E-state index in [9.17, 15) is 4.79 Å². The van der Waals surface area contributed by atoms with Crippen molar-refractivity contribution in [3.05, 3.63) is 47.0 Å². The van der Waals surface area contributed by atoms with E-state index in [4.69, 9.17) is 21.1 Å². The van der Waals surface area contributed by atoms with Crippen molar-refractivity contribution in [3.63, 3.8) is 0 Å². The number of carbonyl (C=O) groups excluding carboxylic acids is 1. The molecule has 6 heteroatoms. The summed E-state index contributed by atoms with van der Waals surface area (Å²) in [5.41, 5.74) is 2.39. The number of hydrogen-bond donors (Lipinski definition) is 1. The maximum atomic E-state index is 12.5. The van der Waals surface area contributed by atoms with Crippen LogP contribution in [0.4, 0.5) is 11.4 Å². The number of carbonyl (C=O) groups is 1. The van der Waals surface area contributed by atoms with Gasteiger partial charge in [0.2, 0.25) is 6.79 Å². The van der Waals surface area contributed by atoms with E-state index in [0.29, 0.717) is 22.1 Å². The van der Waals surface area contributed by atoms with Crippen LogP contribution in [0.2, 0.25) is 5.02 Å². The first-order valence-corrected chi connectivity index (χ1v) is 8.84. The first-order valence-electron chi connectivity index (χ1n) is 8.46. The minimum absolute atomic E-state index is 0.123. The molecule has 1 amide bonds. The molecule has 4 rings (SSSR count). The fourth-order valence-electron chi connectivity index (χ4n) is 3.21. The zero-order valence-electron chi connectivity index (χ0n) is 13.8. The third-order valence-corrected chi connectivity index (χ3v) is 4.82. The van der Waals surface area contributed by atoms with Crippen LogP contribution in [0, 0.1) is 0 Å². The van der Waals surface area contributed by atoms with Crippen LogP contribution in [-0.4, -0.2) is 25.8 Å². The van der Waals surface area contributed by atoms with Crippen LogP contribution in [0.5, 0.6) is 11.5 Å². The van der Waals surface area contributed by atoms with E-state index in [-0.39, 0.29) is 12.7 Å². The van der Waals surface area contributed by atoms with E-state index in [1.165, 1.54) is 24.9 Å². The van der Waals surface area contributed by atoms with Crippen LogP contribution in [0.15, 0.2) is 36.4 Å². The Balaban J connectivity index is 1.46. The SMILES string of the molecule is O=C(Nc1ccc(N2CCCCC2)cc1)c1cc(Cl)c2c(c1)OCO2. The number of fused-ring (bicyclic) bond motifs is 1. The lowest BCUT2D eigenvalue weighted by Crippen LogP contribution is -2.29. The molecule has 0 atom stereocenters. The minimum Gasteiger partial charge on any atom is -0.454 e. The van der Waals surface area contributed by atoms with E-state index in [1.807, 2.05) is 24.3 Å². The van der Waals surface area contributed by atoms with Crippen molar-refractivity contribution in [1.82, 2.24) is 0 Å². The van der Waals surface area contributed by atoms with Crippen LogP contribution in [0.1, 0.15) is 29.6 Å². The molecule has 2 aromatic carbocycles. The normalized spacial score (nSPS) is 16.0. The summed E-state index contributed by atoms with van der Waals surface area (Å²) in [6, 6.07) is 11.2. The number of benzene rings is 2. The van der Waals surface area contributed by atoms with Gasteiger partial charge in [-0.1, -0.05) is 11.6 Å². The number of anilines is 2. The van der Waals surface area contributed by atoms with E-state index in [2.05, 4.69) is 10.2 Å². The molecule has 2 heterocycles. The molecule has 2 aromatic rings. The Labute approximate surface area is 151 Å². The standard InChI is InChI=1S/C19H19ClN2O3/c20-16-10-13(11-17-18(16)25-12-24-17)19(23)21-14-4-6-15(7-5-14)22-8-2-1-3-9-22/h4-7,10-11H,1-3,8-9,12H2,(H,21,23). The Kier molecular flexibility index (Phi) is 4.40. The maximum absolute atomic E-state index is 12.5. The average molecular weight is 359 g/mol. The number of hydrogen-bond acceptors (Lipinski definition) is 4. The molecule has 0 unspecified atom stereocenters. The Morgan fingerprint density at radius 3 is 2.56 bits per heavy atom. The van der Waals surface area contributed by atoms with Crippen LogP contribution in [0.3, 0.4) is 0 Å². The van der Waals surface area contributed by atoms with Gasteiger partial charge in [-0.05, 0) is 55.7 Å². The largest absolute Gasteiger partial charge is 0.454 e. The second kappa shape index (κ2) is 6.84. The molecular formula is C19H19ClN2O3. The van der Waals surface area contributed by atoms with Gasteiger partial charge in [0.15, 0.2) is 11.5 Å². The van der Waals surface area contributed by atoms with E-state index < -0.39 is 0 Å². The van der Waals surface area contributed by atoms with Crippen LogP contribution >= 0.6 is 11.6 Å². The fourth-order valence-corrected chi connectivity index (χ4v) is 3.47. The lowest BCUT2D eigenvalue weighted by molar-refractivity contribution is 0.102.